The summed E-state index contributed by atoms with van der Waals surface area (Å²) in [4.78, 5) is 16.8. The highest BCUT2D eigenvalue weighted by molar-refractivity contribution is 5.82. The van der Waals surface area contributed by atoms with Crippen molar-refractivity contribution in [2.24, 2.45) is 11.8 Å². The topological polar surface area (TPSA) is 62.2 Å². The van der Waals surface area contributed by atoms with Crippen LogP contribution in [0.2, 0.25) is 0 Å². The summed E-state index contributed by atoms with van der Waals surface area (Å²) < 4.78 is 0.644. The van der Waals surface area contributed by atoms with Crippen molar-refractivity contribution in [2.75, 3.05) is 26.7 Å². The van der Waals surface area contributed by atoms with Crippen LogP contribution >= 0.6 is 0 Å². The first kappa shape index (κ1) is 18.1. The molecule has 2 aromatic rings. The molecule has 3 saturated heterocycles. The molecule has 5 atom stereocenters. The minimum Gasteiger partial charge on any atom is -0.382 e. The Balaban J connectivity index is 1.74. The van der Waals surface area contributed by atoms with Crippen LogP contribution in [-0.4, -0.2) is 53.2 Å². The monoisotopic (exact) mass is 366 g/mol. The molecule has 2 N–H and O–H groups in total. The van der Waals surface area contributed by atoms with Crippen molar-refractivity contribution in [3.05, 3.63) is 54.7 Å². The number of aliphatic hydroxyl groups is 1. The van der Waals surface area contributed by atoms with Crippen molar-refractivity contribution in [2.45, 2.75) is 25.0 Å². The number of nitrogens with zero attached hydrogens (tertiary/aromatic N) is 2. The van der Waals surface area contributed by atoms with Crippen molar-refractivity contribution in [3.63, 3.8) is 0 Å². The van der Waals surface area contributed by atoms with Crippen LogP contribution in [0.1, 0.15) is 24.5 Å². The summed E-state index contributed by atoms with van der Waals surface area (Å²) in [5, 5.41) is 15.2. The standard InChI is InChI=1S/C22H27N3O2/c1-3-15-13-25(14-21(26)23-2)11-9-16(15)12-20(25)22(27)18-8-10-24-19-7-5-4-6-17(18)19/h3-8,10,15-16,20,22,27H,1,9,11-14H2,2H3/p+1/t15-,16-,20-,22+,25-/m0/s1. The van der Waals surface area contributed by atoms with Crippen LogP contribution < -0.4 is 5.32 Å². The number of carbonyl (C=O) groups excluding carboxylic acids is 1. The molecule has 3 fully saturated rings. The molecule has 1 amide bonds. The molecule has 2 bridgehead atoms. The molecule has 142 valence electrons. The van der Waals surface area contributed by atoms with Crippen LogP contribution in [0.5, 0.6) is 0 Å². The summed E-state index contributed by atoms with van der Waals surface area (Å²) in [6.07, 6.45) is 5.22. The van der Waals surface area contributed by atoms with E-state index in [1.54, 1.807) is 13.2 Å². The molecule has 0 aliphatic carbocycles. The fraction of sp³-hybridized carbons (Fsp3) is 0.455. The van der Waals surface area contributed by atoms with Gasteiger partial charge in [0.05, 0.1) is 18.6 Å². The molecule has 0 saturated carbocycles. The van der Waals surface area contributed by atoms with Gasteiger partial charge in [-0.05, 0) is 23.6 Å². The second-order valence-electron chi connectivity index (χ2n) is 8.07. The minimum atomic E-state index is -0.615. The molecule has 5 heteroatoms. The first-order valence-corrected chi connectivity index (χ1v) is 9.78. The van der Waals surface area contributed by atoms with E-state index in [-0.39, 0.29) is 11.9 Å². The second kappa shape index (κ2) is 7.06. The van der Waals surface area contributed by atoms with Gasteiger partial charge in [0, 0.05) is 37.4 Å². The highest BCUT2D eigenvalue weighted by atomic mass is 16.3. The number of amides is 1. The summed E-state index contributed by atoms with van der Waals surface area (Å²) in [7, 11) is 1.68. The lowest BCUT2D eigenvalue weighted by Crippen LogP contribution is -2.70. The zero-order valence-corrected chi connectivity index (χ0v) is 15.8. The average molecular weight is 366 g/mol. The van der Waals surface area contributed by atoms with Crippen LogP contribution in [0.4, 0.5) is 0 Å². The molecular formula is C22H28N3O2+. The lowest BCUT2D eigenvalue weighted by Gasteiger charge is -2.57. The van der Waals surface area contributed by atoms with Gasteiger partial charge in [-0.2, -0.15) is 0 Å². The molecule has 1 aromatic heterocycles. The van der Waals surface area contributed by atoms with Crippen LogP contribution in [0.15, 0.2) is 49.2 Å². The third-order valence-corrected chi connectivity index (χ3v) is 6.78. The molecule has 27 heavy (non-hydrogen) atoms. The van der Waals surface area contributed by atoms with Crippen LogP contribution in [0, 0.1) is 11.8 Å². The third kappa shape index (κ3) is 3.05. The number of quaternary nitrogens is 1. The van der Waals surface area contributed by atoms with Crippen molar-refractivity contribution in [3.8, 4) is 0 Å². The van der Waals surface area contributed by atoms with E-state index in [0.29, 0.717) is 22.9 Å². The number of piperidine rings is 3. The number of benzene rings is 1. The molecule has 5 rings (SSSR count). The summed E-state index contributed by atoms with van der Waals surface area (Å²) in [6, 6.07) is 9.89. The molecule has 1 aromatic carbocycles. The van der Waals surface area contributed by atoms with Crippen molar-refractivity contribution >= 4 is 16.8 Å². The highest BCUT2D eigenvalue weighted by Gasteiger charge is 2.54. The van der Waals surface area contributed by atoms with Gasteiger partial charge in [-0.15, -0.1) is 6.58 Å². The van der Waals surface area contributed by atoms with Gasteiger partial charge in [-0.3, -0.25) is 9.78 Å². The number of pyridine rings is 1. The number of hydrogen-bond donors (Lipinski definition) is 2. The molecular weight excluding hydrogens is 338 g/mol. The molecule has 0 spiro atoms. The Morgan fingerprint density at radius 2 is 2.26 bits per heavy atom. The maximum atomic E-state index is 12.3. The van der Waals surface area contributed by atoms with Gasteiger partial charge in [0.2, 0.25) is 0 Å². The van der Waals surface area contributed by atoms with Gasteiger partial charge in [-0.1, -0.05) is 24.3 Å². The lowest BCUT2D eigenvalue weighted by atomic mass is 9.71. The number of aliphatic hydroxyl groups excluding tert-OH is 1. The summed E-state index contributed by atoms with van der Waals surface area (Å²) in [6.45, 7) is 6.26. The molecule has 3 aliphatic rings. The first-order chi connectivity index (χ1) is 13.1. The van der Waals surface area contributed by atoms with E-state index < -0.39 is 6.10 Å². The first-order valence-electron chi connectivity index (χ1n) is 9.78. The Morgan fingerprint density at radius 3 is 3.04 bits per heavy atom. The number of carbonyl (C=O) groups is 1. The summed E-state index contributed by atoms with van der Waals surface area (Å²) in [5.74, 6) is 0.996. The fourth-order valence-electron chi connectivity index (χ4n) is 5.33. The van der Waals surface area contributed by atoms with Gasteiger partial charge >= 0.3 is 0 Å². The molecule has 3 aliphatic heterocycles. The average Bonchev–Trinajstić information content (AvgIpc) is 2.72. The van der Waals surface area contributed by atoms with E-state index >= 15 is 0 Å². The largest absolute Gasteiger partial charge is 0.382 e. The Morgan fingerprint density at radius 1 is 1.44 bits per heavy atom. The van der Waals surface area contributed by atoms with E-state index in [9.17, 15) is 9.90 Å². The predicted octanol–water partition coefficient (Wildman–Crippen LogP) is 2.43. The van der Waals surface area contributed by atoms with Crippen molar-refractivity contribution in [1.29, 1.82) is 0 Å². The molecule has 4 heterocycles. The third-order valence-electron chi connectivity index (χ3n) is 6.78. The van der Waals surface area contributed by atoms with E-state index in [1.165, 1.54) is 0 Å². The van der Waals surface area contributed by atoms with Crippen LogP contribution in [0.25, 0.3) is 10.9 Å². The van der Waals surface area contributed by atoms with E-state index in [1.807, 2.05) is 36.4 Å². The Hall–Kier alpha value is -2.24. The van der Waals surface area contributed by atoms with E-state index in [4.69, 9.17) is 0 Å². The highest BCUT2D eigenvalue weighted by Crippen LogP contribution is 2.46. The summed E-state index contributed by atoms with van der Waals surface area (Å²) in [5.41, 5.74) is 1.81. The zero-order valence-electron chi connectivity index (χ0n) is 15.8. The van der Waals surface area contributed by atoms with E-state index in [0.717, 1.165) is 42.4 Å². The van der Waals surface area contributed by atoms with Crippen LogP contribution in [-0.2, 0) is 4.79 Å². The van der Waals surface area contributed by atoms with Gasteiger partial charge in [-0.25, -0.2) is 0 Å². The number of aromatic nitrogens is 1. The van der Waals surface area contributed by atoms with Gasteiger partial charge in [0.15, 0.2) is 6.54 Å². The SMILES string of the molecule is C=C[C@H]1C[N@+]2(CC(=O)NC)CC[C@H]1C[C@H]2[C@H](O)c1ccnc2ccccc12. The number of nitrogens with one attached hydrogen (secondary N) is 1. The van der Waals surface area contributed by atoms with E-state index in [2.05, 4.69) is 16.9 Å². The van der Waals surface area contributed by atoms with Crippen molar-refractivity contribution in [1.82, 2.24) is 10.3 Å². The maximum absolute atomic E-state index is 12.3. The normalized spacial score (nSPS) is 30.8. The molecule has 5 nitrogen and oxygen atoms in total. The molecule has 0 radical (unpaired) electrons. The van der Waals surface area contributed by atoms with Gasteiger partial charge in [0.1, 0.15) is 12.1 Å². The quantitative estimate of drug-likeness (QED) is 0.631. The van der Waals surface area contributed by atoms with Crippen molar-refractivity contribution < 1.29 is 14.4 Å². The summed E-state index contributed by atoms with van der Waals surface area (Å²) >= 11 is 0. The Labute approximate surface area is 160 Å². The minimum absolute atomic E-state index is 0.0167. The Kier molecular flexibility index (Phi) is 4.74. The zero-order chi connectivity index (χ0) is 19.0. The second-order valence-corrected chi connectivity index (χ2v) is 8.07. The number of para-hydroxylation sites is 1. The predicted molar refractivity (Wildman–Crippen MR) is 106 cm³/mol. The fourth-order valence-corrected chi connectivity index (χ4v) is 5.33. The van der Waals surface area contributed by atoms with Crippen LogP contribution in [0.3, 0.4) is 0 Å². The number of rotatable bonds is 5. The maximum Gasteiger partial charge on any atom is 0.275 e. The molecule has 0 unspecified atom stereocenters. The van der Waals surface area contributed by atoms with Gasteiger partial charge < -0.3 is 14.9 Å². The number of likely N-dealkylation sites (N-methyl/N-ethyl adjacent to an activating group) is 1. The number of fused-ring (bicyclic) bond motifs is 4. The smallest absolute Gasteiger partial charge is 0.275 e. The number of hydrogen-bond acceptors (Lipinski definition) is 3. The lowest BCUT2D eigenvalue weighted by molar-refractivity contribution is -0.966. The van der Waals surface area contributed by atoms with Gasteiger partial charge in [0.25, 0.3) is 5.91 Å². The Bertz CT molecular complexity index is 862.